The first kappa shape index (κ1) is 14.3. The van der Waals surface area contributed by atoms with Crippen LogP contribution in [0.1, 0.15) is 29.8 Å². The highest BCUT2D eigenvalue weighted by atomic mass is 16.5. The van der Waals surface area contributed by atoms with Crippen molar-refractivity contribution in [1.82, 2.24) is 0 Å². The highest BCUT2D eigenvalue weighted by Gasteiger charge is 2.05. The Hall–Kier alpha value is -2.09. The lowest BCUT2D eigenvalue weighted by atomic mass is 9.98. The van der Waals surface area contributed by atoms with Crippen molar-refractivity contribution in [2.75, 3.05) is 7.11 Å². The summed E-state index contributed by atoms with van der Waals surface area (Å²) in [5.74, 6) is 1.27. The van der Waals surface area contributed by atoms with Crippen molar-refractivity contribution < 1.29 is 9.53 Å². The first-order chi connectivity index (χ1) is 9.63. The van der Waals surface area contributed by atoms with E-state index in [1.54, 1.807) is 7.11 Å². The highest BCUT2D eigenvalue weighted by molar-refractivity contribution is 5.83. The molecule has 0 amide bonds. The maximum absolute atomic E-state index is 11.1. The second-order valence-electron chi connectivity index (χ2n) is 5.37. The summed E-state index contributed by atoms with van der Waals surface area (Å²) in [5, 5.41) is 0. The van der Waals surface area contributed by atoms with Gasteiger partial charge in [-0.25, -0.2) is 0 Å². The molecule has 0 aliphatic heterocycles. The first-order valence-corrected chi connectivity index (χ1v) is 6.86. The predicted octanol–water partition coefficient (Wildman–Crippen LogP) is 4.37. The zero-order valence-corrected chi connectivity index (χ0v) is 12.2. The second-order valence-corrected chi connectivity index (χ2v) is 5.37. The van der Waals surface area contributed by atoms with Gasteiger partial charge in [0, 0.05) is 0 Å². The fourth-order valence-corrected chi connectivity index (χ4v) is 2.31. The van der Waals surface area contributed by atoms with Crippen molar-refractivity contribution in [3.63, 3.8) is 0 Å². The molecule has 0 fully saturated rings. The molecular formula is C18H20O2. The summed E-state index contributed by atoms with van der Waals surface area (Å²) in [4.78, 5) is 11.1. The van der Waals surface area contributed by atoms with E-state index in [9.17, 15) is 4.79 Å². The average Bonchev–Trinajstić information content (AvgIpc) is 2.46. The Morgan fingerprint density at radius 1 is 1.05 bits per heavy atom. The second kappa shape index (κ2) is 6.38. The van der Waals surface area contributed by atoms with Crippen molar-refractivity contribution in [2.24, 2.45) is 5.92 Å². The van der Waals surface area contributed by atoms with E-state index in [2.05, 4.69) is 38.1 Å². The summed E-state index contributed by atoms with van der Waals surface area (Å²) in [6.45, 7) is 4.43. The van der Waals surface area contributed by atoms with Gasteiger partial charge in [0.2, 0.25) is 0 Å². The molecule has 0 radical (unpaired) electrons. The Morgan fingerprint density at radius 2 is 1.70 bits per heavy atom. The van der Waals surface area contributed by atoms with Crippen LogP contribution >= 0.6 is 0 Å². The Labute approximate surface area is 120 Å². The molecule has 0 saturated carbocycles. The van der Waals surface area contributed by atoms with Crippen LogP contribution in [0.25, 0.3) is 11.1 Å². The topological polar surface area (TPSA) is 26.3 Å². The molecule has 0 aromatic heterocycles. The minimum absolute atomic E-state index is 0.580. The molecule has 0 unspecified atom stereocenters. The Bertz CT molecular complexity index is 583. The van der Waals surface area contributed by atoms with Gasteiger partial charge in [0.05, 0.1) is 12.7 Å². The smallest absolute Gasteiger partial charge is 0.153 e. The third kappa shape index (κ3) is 3.27. The molecule has 0 saturated heterocycles. The summed E-state index contributed by atoms with van der Waals surface area (Å²) in [6, 6.07) is 14.2. The van der Waals surface area contributed by atoms with Crippen LogP contribution in [0.15, 0.2) is 42.5 Å². The van der Waals surface area contributed by atoms with Crippen LogP contribution in [0, 0.1) is 5.92 Å². The van der Waals surface area contributed by atoms with Gasteiger partial charge in [-0.3, -0.25) is 4.79 Å². The lowest BCUT2D eigenvalue weighted by molar-refractivity contribution is 0.112. The number of aldehydes is 1. The van der Waals surface area contributed by atoms with E-state index in [0.717, 1.165) is 23.8 Å². The molecular weight excluding hydrogens is 248 g/mol. The number of rotatable bonds is 5. The molecule has 2 nitrogen and oxygen atoms in total. The lowest BCUT2D eigenvalue weighted by Crippen LogP contribution is -1.94. The SMILES string of the molecule is COc1ccc(-c2ccc(CC(C)C)cc2)cc1C=O. The normalized spacial score (nSPS) is 10.6. The van der Waals surface area contributed by atoms with E-state index < -0.39 is 0 Å². The number of hydrogen-bond acceptors (Lipinski definition) is 2. The third-order valence-corrected chi connectivity index (χ3v) is 3.29. The van der Waals surface area contributed by atoms with Crippen molar-refractivity contribution in [2.45, 2.75) is 20.3 Å². The van der Waals surface area contributed by atoms with E-state index in [-0.39, 0.29) is 0 Å². The van der Waals surface area contributed by atoms with Gasteiger partial charge in [0.25, 0.3) is 0 Å². The molecule has 0 bridgehead atoms. The van der Waals surface area contributed by atoms with E-state index in [1.807, 2.05) is 18.2 Å². The fourth-order valence-electron chi connectivity index (χ4n) is 2.31. The van der Waals surface area contributed by atoms with Crippen molar-refractivity contribution in [1.29, 1.82) is 0 Å². The number of ether oxygens (including phenoxy) is 1. The standard InChI is InChI=1S/C18H20O2/c1-13(2)10-14-4-6-15(7-5-14)16-8-9-18(20-3)17(11-16)12-19/h4-9,11-13H,10H2,1-3H3. The fraction of sp³-hybridized carbons (Fsp3) is 0.278. The molecule has 0 aliphatic rings. The molecule has 2 heteroatoms. The van der Waals surface area contributed by atoms with Gasteiger partial charge in [-0.1, -0.05) is 44.2 Å². The molecule has 0 spiro atoms. The zero-order valence-electron chi connectivity index (χ0n) is 12.2. The van der Waals surface area contributed by atoms with Crippen LogP contribution in [0.2, 0.25) is 0 Å². The number of carbonyl (C=O) groups is 1. The van der Waals surface area contributed by atoms with Gasteiger partial charge in [0.1, 0.15) is 5.75 Å². The van der Waals surface area contributed by atoms with Crippen LogP contribution < -0.4 is 4.74 Å². The predicted molar refractivity (Wildman–Crippen MR) is 82.4 cm³/mol. The Balaban J connectivity index is 2.29. The summed E-state index contributed by atoms with van der Waals surface area (Å²) < 4.78 is 5.16. The van der Waals surface area contributed by atoms with Gasteiger partial charge in [-0.05, 0) is 41.2 Å². The Morgan fingerprint density at radius 3 is 2.25 bits per heavy atom. The summed E-state index contributed by atoms with van der Waals surface area (Å²) in [7, 11) is 1.57. The molecule has 2 aromatic rings. The van der Waals surface area contributed by atoms with Gasteiger partial charge in [-0.2, -0.15) is 0 Å². The number of methoxy groups -OCH3 is 1. The van der Waals surface area contributed by atoms with Crippen LogP contribution in [0.5, 0.6) is 5.75 Å². The Kier molecular flexibility index (Phi) is 4.57. The molecule has 104 valence electrons. The third-order valence-electron chi connectivity index (χ3n) is 3.29. The van der Waals surface area contributed by atoms with E-state index >= 15 is 0 Å². The molecule has 0 heterocycles. The highest BCUT2D eigenvalue weighted by Crippen LogP contribution is 2.26. The van der Waals surface area contributed by atoms with E-state index in [0.29, 0.717) is 17.2 Å². The minimum atomic E-state index is 0.580. The molecule has 2 rings (SSSR count). The zero-order chi connectivity index (χ0) is 14.5. The van der Waals surface area contributed by atoms with Crippen molar-refractivity contribution in [3.8, 4) is 16.9 Å². The first-order valence-electron chi connectivity index (χ1n) is 6.86. The van der Waals surface area contributed by atoms with Crippen LogP contribution in [0.3, 0.4) is 0 Å². The van der Waals surface area contributed by atoms with Gasteiger partial charge in [-0.15, -0.1) is 0 Å². The number of hydrogen-bond donors (Lipinski definition) is 0. The van der Waals surface area contributed by atoms with E-state index in [1.165, 1.54) is 5.56 Å². The molecule has 2 aromatic carbocycles. The molecule has 20 heavy (non-hydrogen) atoms. The lowest BCUT2D eigenvalue weighted by Gasteiger charge is -2.09. The molecule has 0 aliphatic carbocycles. The van der Waals surface area contributed by atoms with Crippen LogP contribution in [0.4, 0.5) is 0 Å². The summed E-state index contributed by atoms with van der Waals surface area (Å²) in [5.41, 5.74) is 4.07. The van der Waals surface area contributed by atoms with Crippen LogP contribution in [-0.4, -0.2) is 13.4 Å². The average molecular weight is 268 g/mol. The number of benzene rings is 2. The minimum Gasteiger partial charge on any atom is -0.496 e. The maximum atomic E-state index is 11.1. The van der Waals surface area contributed by atoms with Gasteiger partial charge < -0.3 is 4.74 Å². The summed E-state index contributed by atoms with van der Waals surface area (Å²) >= 11 is 0. The van der Waals surface area contributed by atoms with Gasteiger partial charge in [0.15, 0.2) is 6.29 Å². The van der Waals surface area contributed by atoms with Crippen LogP contribution in [-0.2, 0) is 6.42 Å². The maximum Gasteiger partial charge on any atom is 0.153 e. The molecule has 0 atom stereocenters. The largest absolute Gasteiger partial charge is 0.496 e. The van der Waals surface area contributed by atoms with Gasteiger partial charge >= 0.3 is 0 Å². The van der Waals surface area contributed by atoms with Crippen molar-refractivity contribution in [3.05, 3.63) is 53.6 Å². The monoisotopic (exact) mass is 268 g/mol. The quantitative estimate of drug-likeness (QED) is 0.752. The van der Waals surface area contributed by atoms with Crippen molar-refractivity contribution >= 4 is 6.29 Å². The summed E-state index contributed by atoms with van der Waals surface area (Å²) in [6.07, 6.45) is 1.91. The number of carbonyl (C=O) groups excluding carboxylic acids is 1. The molecule has 0 N–H and O–H groups in total. The van der Waals surface area contributed by atoms with E-state index in [4.69, 9.17) is 4.74 Å².